The van der Waals surface area contributed by atoms with Gasteiger partial charge in [0.25, 0.3) is 5.91 Å². The summed E-state index contributed by atoms with van der Waals surface area (Å²) in [6.45, 7) is 3.48. The number of Topliss-reactive ketones (excluding diaryl/α,β-unsaturated/α-hetero) is 1. The van der Waals surface area contributed by atoms with Gasteiger partial charge in [-0.15, -0.1) is 11.3 Å². The van der Waals surface area contributed by atoms with Crippen LogP contribution in [0.4, 0.5) is 5.69 Å². The van der Waals surface area contributed by atoms with Gasteiger partial charge in [-0.25, -0.2) is 4.98 Å². The minimum Gasteiger partial charge on any atom is -0.451 e. The van der Waals surface area contributed by atoms with Crippen LogP contribution < -0.4 is 5.32 Å². The van der Waals surface area contributed by atoms with Crippen LogP contribution in [0.3, 0.4) is 0 Å². The summed E-state index contributed by atoms with van der Waals surface area (Å²) in [4.78, 5) is 28.5. The average molecular weight is 402 g/mol. The molecule has 144 valence electrons. The number of thiazole rings is 1. The van der Waals surface area contributed by atoms with Crippen molar-refractivity contribution in [1.82, 2.24) is 4.98 Å². The highest BCUT2D eigenvalue weighted by Gasteiger charge is 2.13. The first kappa shape index (κ1) is 18.8. The molecule has 4 aromatic rings. The highest BCUT2D eigenvalue weighted by Crippen LogP contribution is 2.26. The number of aromatic nitrogens is 1. The quantitative estimate of drug-likeness (QED) is 0.426. The lowest BCUT2D eigenvalue weighted by Gasteiger charge is -2.05. The molecule has 0 atom stereocenters. The fourth-order valence-electron chi connectivity index (χ4n) is 2.93. The summed E-state index contributed by atoms with van der Waals surface area (Å²) < 4.78 is 5.71. The van der Waals surface area contributed by atoms with E-state index >= 15 is 0 Å². The molecular formula is C23H18N2O3S. The molecular weight excluding hydrogens is 384 g/mol. The maximum atomic E-state index is 12.6. The topological polar surface area (TPSA) is 72.2 Å². The van der Waals surface area contributed by atoms with Gasteiger partial charge >= 0.3 is 0 Å². The number of anilines is 1. The third kappa shape index (κ3) is 4.17. The van der Waals surface area contributed by atoms with Crippen LogP contribution in [0.15, 0.2) is 70.5 Å². The van der Waals surface area contributed by atoms with Crippen LogP contribution in [-0.4, -0.2) is 16.7 Å². The standard InChI is InChI=1S/C23H18N2O3S/c1-14(26)16-6-8-17(9-7-16)21-10-11-22(28-21)23(27)25-19-5-3-4-18(12-19)20-13-29-15(2)24-20/h3-13H,1-2H3,(H,25,27). The van der Waals surface area contributed by atoms with Crippen LogP contribution in [-0.2, 0) is 0 Å². The molecule has 1 N–H and O–H groups in total. The van der Waals surface area contributed by atoms with Crippen molar-refractivity contribution in [3.63, 3.8) is 0 Å². The SMILES string of the molecule is CC(=O)c1ccc(-c2ccc(C(=O)Nc3cccc(-c4csc(C)n4)c3)o2)cc1. The van der Waals surface area contributed by atoms with Crippen molar-refractivity contribution < 1.29 is 14.0 Å². The summed E-state index contributed by atoms with van der Waals surface area (Å²) in [7, 11) is 0. The van der Waals surface area contributed by atoms with Gasteiger partial charge in [-0.1, -0.05) is 36.4 Å². The molecule has 0 aliphatic carbocycles. The molecule has 0 saturated heterocycles. The second-order valence-corrected chi connectivity index (χ2v) is 7.65. The summed E-state index contributed by atoms with van der Waals surface area (Å²) in [5.41, 5.74) is 3.93. The predicted molar refractivity (Wildman–Crippen MR) is 114 cm³/mol. The van der Waals surface area contributed by atoms with Crippen molar-refractivity contribution in [3.05, 3.63) is 82.4 Å². The monoisotopic (exact) mass is 402 g/mol. The fraction of sp³-hybridized carbons (Fsp3) is 0.0870. The van der Waals surface area contributed by atoms with Crippen LogP contribution in [0.25, 0.3) is 22.6 Å². The molecule has 4 rings (SSSR count). The number of ketones is 1. The Balaban J connectivity index is 1.50. The van der Waals surface area contributed by atoms with E-state index in [1.165, 1.54) is 6.92 Å². The molecule has 29 heavy (non-hydrogen) atoms. The molecule has 2 aromatic carbocycles. The number of rotatable bonds is 5. The third-order valence-corrected chi connectivity index (χ3v) is 5.21. The van der Waals surface area contributed by atoms with E-state index in [9.17, 15) is 9.59 Å². The zero-order valence-corrected chi connectivity index (χ0v) is 16.7. The summed E-state index contributed by atoms with van der Waals surface area (Å²) in [6.07, 6.45) is 0. The Bertz CT molecular complexity index is 1190. The molecule has 5 nitrogen and oxygen atoms in total. The number of benzene rings is 2. The number of nitrogens with zero attached hydrogens (tertiary/aromatic N) is 1. The highest BCUT2D eigenvalue weighted by atomic mass is 32.1. The van der Waals surface area contributed by atoms with Crippen LogP contribution in [0.5, 0.6) is 0 Å². The number of amides is 1. The van der Waals surface area contributed by atoms with E-state index in [2.05, 4.69) is 10.3 Å². The van der Waals surface area contributed by atoms with Gasteiger partial charge in [0.2, 0.25) is 0 Å². The minimum atomic E-state index is -0.330. The zero-order chi connectivity index (χ0) is 20.4. The molecule has 2 heterocycles. The van der Waals surface area contributed by atoms with E-state index in [1.54, 1.807) is 47.7 Å². The summed E-state index contributed by atoms with van der Waals surface area (Å²) in [5.74, 6) is 0.455. The third-order valence-electron chi connectivity index (χ3n) is 4.44. The van der Waals surface area contributed by atoms with Crippen molar-refractivity contribution >= 4 is 28.7 Å². The van der Waals surface area contributed by atoms with Gasteiger partial charge in [-0.3, -0.25) is 9.59 Å². The molecule has 0 saturated carbocycles. The van der Waals surface area contributed by atoms with E-state index in [0.717, 1.165) is 21.8 Å². The summed E-state index contributed by atoms with van der Waals surface area (Å²) in [6, 6.07) is 18.0. The molecule has 0 spiro atoms. The van der Waals surface area contributed by atoms with E-state index in [1.807, 2.05) is 36.6 Å². The number of hydrogen-bond acceptors (Lipinski definition) is 5. The predicted octanol–water partition coefficient (Wildman–Crippen LogP) is 5.83. The minimum absolute atomic E-state index is 0.00565. The largest absolute Gasteiger partial charge is 0.451 e. The van der Waals surface area contributed by atoms with E-state index < -0.39 is 0 Å². The number of hydrogen-bond donors (Lipinski definition) is 1. The molecule has 0 unspecified atom stereocenters. The Labute approximate surface area is 172 Å². The summed E-state index contributed by atoms with van der Waals surface area (Å²) in [5, 5.41) is 5.85. The normalized spacial score (nSPS) is 10.7. The van der Waals surface area contributed by atoms with Gasteiger partial charge in [0.05, 0.1) is 10.7 Å². The van der Waals surface area contributed by atoms with Gasteiger partial charge < -0.3 is 9.73 Å². The van der Waals surface area contributed by atoms with Gasteiger partial charge in [-0.2, -0.15) is 0 Å². The molecule has 6 heteroatoms. The highest BCUT2D eigenvalue weighted by molar-refractivity contribution is 7.09. The van der Waals surface area contributed by atoms with Crippen molar-refractivity contribution in [2.75, 3.05) is 5.32 Å². The van der Waals surface area contributed by atoms with Crippen molar-refractivity contribution in [2.45, 2.75) is 13.8 Å². The van der Waals surface area contributed by atoms with Crippen molar-refractivity contribution in [3.8, 4) is 22.6 Å². The van der Waals surface area contributed by atoms with E-state index in [-0.39, 0.29) is 17.5 Å². The van der Waals surface area contributed by atoms with Gasteiger partial charge in [0, 0.05) is 27.8 Å². The maximum Gasteiger partial charge on any atom is 0.291 e. The Morgan fingerprint density at radius 3 is 2.48 bits per heavy atom. The lowest BCUT2D eigenvalue weighted by molar-refractivity contribution is 0.0994. The second kappa shape index (κ2) is 7.85. The molecule has 0 bridgehead atoms. The van der Waals surface area contributed by atoms with Crippen LogP contribution >= 0.6 is 11.3 Å². The smallest absolute Gasteiger partial charge is 0.291 e. The fourth-order valence-corrected chi connectivity index (χ4v) is 3.55. The van der Waals surface area contributed by atoms with Crippen LogP contribution in [0.2, 0.25) is 0 Å². The molecule has 0 fully saturated rings. The number of furan rings is 1. The van der Waals surface area contributed by atoms with E-state index in [0.29, 0.717) is 17.0 Å². The Morgan fingerprint density at radius 1 is 1.00 bits per heavy atom. The lowest BCUT2D eigenvalue weighted by Crippen LogP contribution is -2.10. The first-order valence-electron chi connectivity index (χ1n) is 9.05. The number of aryl methyl sites for hydroxylation is 1. The Hall–Kier alpha value is -3.51. The maximum absolute atomic E-state index is 12.6. The van der Waals surface area contributed by atoms with Gasteiger partial charge in [0.1, 0.15) is 5.76 Å². The number of carbonyl (C=O) groups excluding carboxylic acids is 2. The van der Waals surface area contributed by atoms with Gasteiger partial charge in [-0.05, 0) is 38.1 Å². The molecule has 0 radical (unpaired) electrons. The number of carbonyl (C=O) groups is 2. The Kier molecular flexibility index (Phi) is 5.10. The van der Waals surface area contributed by atoms with Crippen molar-refractivity contribution in [2.24, 2.45) is 0 Å². The second-order valence-electron chi connectivity index (χ2n) is 6.58. The molecule has 0 aliphatic rings. The average Bonchev–Trinajstić information content (AvgIpc) is 3.38. The first-order chi connectivity index (χ1) is 14.0. The lowest BCUT2D eigenvalue weighted by atomic mass is 10.1. The zero-order valence-electron chi connectivity index (χ0n) is 15.9. The van der Waals surface area contributed by atoms with Crippen molar-refractivity contribution in [1.29, 1.82) is 0 Å². The summed E-state index contributed by atoms with van der Waals surface area (Å²) >= 11 is 1.59. The molecule has 1 amide bonds. The van der Waals surface area contributed by atoms with Crippen LogP contribution in [0.1, 0.15) is 32.8 Å². The van der Waals surface area contributed by atoms with Gasteiger partial charge in [0.15, 0.2) is 11.5 Å². The van der Waals surface area contributed by atoms with Crippen LogP contribution in [0, 0.1) is 6.92 Å². The number of nitrogens with one attached hydrogen (secondary N) is 1. The first-order valence-corrected chi connectivity index (χ1v) is 9.93. The Morgan fingerprint density at radius 2 is 1.79 bits per heavy atom. The molecule has 2 aromatic heterocycles. The van der Waals surface area contributed by atoms with E-state index in [4.69, 9.17) is 4.42 Å². The molecule has 0 aliphatic heterocycles.